The summed E-state index contributed by atoms with van der Waals surface area (Å²) in [4.78, 5) is 24.9. The molecular formula is C18H24O5. The Morgan fingerprint density at radius 3 is 2.22 bits per heavy atom. The molecule has 2 atom stereocenters. The Kier molecular flexibility index (Phi) is 6.59. The number of esters is 2. The van der Waals surface area contributed by atoms with Gasteiger partial charge in [0.05, 0.1) is 19.3 Å². The van der Waals surface area contributed by atoms with Crippen molar-refractivity contribution < 1.29 is 23.8 Å². The SMILES string of the molecule is CCOC(=O)C(C(=O)OCC)C(c1ccccc1)C1CCCO1. The highest BCUT2D eigenvalue weighted by atomic mass is 16.6. The molecule has 1 fully saturated rings. The van der Waals surface area contributed by atoms with Crippen molar-refractivity contribution in [2.24, 2.45) is 5.92 Å². The van der Waals surface area contributed by atoms with Crippen molar-refractivity contribution in [3.8, 4) is 0 Å². The summed E-state index contributed by atoms with van der Waals surface area (Å²) in [6.07, 6.45) is 1.55. The van der Waals surface area contributed by atoms with Crippen LogP contribution in [0.2, 0.25) is 0 Å². The van der Waals surface area contributed by atoms with E-state index in [-0.39, 0.29) is 19.3 Å². The molecule has 0 saturated carbocycles. The topological polar surface area (TPSA) is 61.8 Å². The molecule has 0 amide bonds. The molecule has 23 heavy (non-hydrogen) atoms. The van der Waals surface area contributed by atoms with Crippen LogP contribution in [0.5, 0.6) is 0 Å². The first-order valence-corrected chi connectivity index (χ1v) is 8.18. The van der Waals surface area contributed by atoms with Crippen molar-refractivity contribution in [1.29, 1.82) is 0 Å². The number of carbonyl (C=O) groups is 2. The number of carbonyl (C=O) groups excluding carboxylic acids is 2. The first-order chi connectivity index (χ1) is 11.2. The van der Waals surface area contributed by atoms with Crippen LogP contribution < -0.4 is 0 Å². The van der Waals surface area contributed by atoms with E-state index in [9.17, 15) is 9.59 Å². The summed E-state index contributed by atoms with van der Waals surface area (Å²) in [5.74, 6) is -2.48. The number of rotatable bonds is 7. The van der Waals surface area contributed by atoms with Crippen molar-refractivity contribution in [3.63, 3.8) is 0 Å². The third-order valence-electron chi connectivity index (χ3n) is 3.99. The van der Waals surface area contributed by atoms with Gasteiger partial charge in [-0.25, -0.2) is 0 Å². The normalized spacial score (nSPS) is 18.7. The average Bonchev–Trinajstić information content (AvgIpc) is 3.07. The monoisotopic (exact) mass is 320 g/mol. The molecule has 0 N–H and O–H groups in total. The Bertz CT molecular complexity index is 489. The predicted octanol–water partition coefficient (Wildman–Crippen LogP) is 2.69. The summed E-state index contributed by atoms with van der Waals surface area (Å²) in [7, 11) is 0. The predicted molar refractivity (Wildman–Crippen MR) is 84.9 cm³/mol. The summed E-state index contributed by atoms with van der Waals surface area (Å²) < 4.78 is 16.1. The Hall–Kier alpha value is -1.88. The fourth-order valence-corrected chi connectivity index (χ4v) is 3.04. The Morgan fingerprint density at radius 1 is 1.13 bits per heavy atom. The van der Waals surface area contributed by atoms with Crippen LogP contribution in [0.1, 0.15) is 38.2 Å². The zero-order valence-electron chi connectivity index (χ0n) is 13.7. The fourth-order valence-electron chi connectivity index (χ4n) is 3.04. The van der Waals surface area contributed by atoms with Crippen molar-refractivity contribution in [2.75, 3.05) is 19.8 Å². The first kappa shape index (κ1) is 17.5. The van der Waals surface area contributed by atoms with E-state index in [2.05, 4.69) is 0 Å². The van der Waals surface area contributed by atoms with Gasteiger partial charge in [0, 0.05) is 12.5 Å². The molecule has 126 valence electrons. The van der Waals surface area contributed by atoms with Crippen molar-refractivity contribution in [2.45, 2.75) is 38.7 Å². The number of benzene rings is 1. The summed E-state index contributed by atoms with van der Waals surface area (Å²) in [6.45, 7) is 4.54. The fraction of sp³-hybridized carbons (Fsp3) is 0.556. The lowest BCUT2D eigenvalue weighted by atomic mass is 9.80. The molecule has 1 heterocycles. The Morgan fingerprint density at radius 2 is 1.74 bits per heavy atom. The van der Waals surface area contributed by atoms with E-state index >= 15 is 0 Å². The second kappa shape index (κ2) is 8.67. The molecule has 2 rings (SSSR count). The molecule has 1 aliphatic heterocycles. The van der Waals surface area contributed by atoms with Crippen LogP contribution in [0.15, 0.2) is 30.3 Å². The maximum absolute atomic E-state index is 12.5. The lowest BCUT2D eigenvalue weighted by molar-refractivity contribution is -0.164. The second-order valence-electron chi connectivity index (χ2n) is 5.47. The van der Waals surface area contributed by atoms with Crippen molar-refractivity contribution in [3.05, 3.63) is 35.9 Å². The van der Waals surface area contributed by atoms with Gasteiger partial charge >= 0.3 is 11.9 Å². The second-order valence-corrected chi connectivity index (χ2v) is 5.47. The van der Waals surface area contributed by atoms with Gasteiger partial charge in [0.25, 0.3) is 0 Å². The van der Waals surface area contributed by atoms with Gasteiger partial charge in [-0.05, 0) is 32.3 Å². The molecule has 0 aliphatic carbocycles. The molecule has 1 aromatic rings. The maximum atomic E-state index is 12.5. The van der Waals surface area contributed by atoms with Crippen LogP contribution in [-0.2, 0) is 23.8 Å². The summed E-state index contributed by atoms with van der Waals surface area (Å²) in [5, 5.41) is 0. The minimum atomic E-state index is -1.000. The molecule has 1 saturated heterocycles. The lowest BCUT2D eigenvalue weighted by Crippen LogP contribution is -2.38. The van der Waals surface area contributed by atoms with Crippen LogP contribution in [0.4, 0.5) is 0 Å². The number of hydrogen-bond acceptors (Lipinski definition) is 5. The van der Waals surface area contributed by atoms with Crippen molar-refractivity contribution >= 4 is 11.9 Å². The van der Waals surface area contributed by atoms with Gasteiger partial charge in [0.1, 0.15) is 0 Å². The molecule has 1 aromatic carbocycles. The first-order valence-electron chi connectivity index (χ1n) is 8.18. The standard InChI is InChI=1S/C18H24O5/c1-3-21-17(19)16(18(20)22-4-2)15(14-11-8-12-23-14)13-9-6-5-7-10-13/h5-7,9-10,14-16H,3-4,8,11-12H2,1-2H3. The highest BCUT2D eigenvalue weighted by Crippen LogP contribution is 2.36. The Balaban J connectivity index is 2.38. The summed E-state index contributed by atoms with van der Waals surface area (Å²) in [6, 6.07) is 9.52. The van der Waals surface area contributed by atoms with E-state index in [1.54, 1.807) is 13.8 Å². The number of ether oxygens (including phenoxy) is 3. The zero-order chi connectivity index (χ0) is 16.7. The third-order valence-corrected chi connectivity index (χ3v) is 3.99. The third kappa shape index (κ3) is 4.32. The van der Waals surface area contributed by atoms with Crippen LogP contribution in [0, 0.1) is 5.92 Å². The molecule has 0 spiro atoms. The molecule has 2 unspecified atom stereocenters. The van der Waals surface area contributed by atoms with Gasteiger partial charge in [-0.1, -0.05) is 30.3 Å². The highest BCUT2D eigenvalue weighted by Gasteiger charge is 2.43. The lowest BCUT2D eigenvalue weighted by Gasteiger charge is -2.28. The largest absolute Gasteiger partial charge is 0.465 e. The van der Waals surface area contributed by atoms with Gasteiger partial charge in [0.15, 0.2) is 5.92 Å². The van der Waals surface area contributed by atoms with E-state index in [1.165, 1.54) is 0 Å². The minimum absolute atomic E-state index is 0.184. The minimum Gasteiger partial charge on any atom is -0.465 e. The van der Waals surface area contributed by atoms with Crippen molar-refractivity contribution in [1.82, 2.24) is 0 Å². The summed E-state index contributed by atoms with van der Waals surface area (Å²) >= 11 is 0. The van der Waals surface area contributed by atoms with Crippen LogP contribution in [0.25, 0.3) is 0 Å². The van der Waals surface area contributed by atoms with Gasteiger partial charge in [-0.3, -0.25) is 9.59 Å². The molecule has 0 radical (unpaired) electrons. The number of hydrogen-bond donors (Lipinski definition) is 0. The summed E-state index contributed by atoms with van der Waals surface area (Å²) in [5.41, 5.74) is 0.894. The molecule has 0 bridgehead atoms. The van der Waals surface area contributed by atoms with E-state index in [1.807, 2.05) is 30.3 Å². The van der Waals surface area contributed by atoms with E-state index in [0.29, 0.717) is 6.61 Å². The smallest absolute Gasteiger partial charge is 0.321 e. The van der Waals surface area contributed by atoms with Crippen LogP contribution >= 0.6 is 0 Å². The van der Waals surface area contributed by atoms with E-state index in [0.717, 1.165) is 18.4 Å². The molecule has 5 heteroatoms. The van der Waals surface area contributed by atoms with Gasteiger partial charge in [-0.15, -0.1) is 0 Å². The molecule has 0 aromatic heterocycles. The van der Waals surface area contributed by atoms with E-state index < -0.39 is 23.8 Å². The average molecular weight is 320 g/mol. The highest BCUT2D eigenvalue weighted by molar-refractivity contribution is 5.96. The Labute approximate surface area is 136 Å². The van der Waals surface area contributed by atoms with Crippen LogP contribution in [-0.4, -0.2) is 37.9 Å². The molecule has 1 aliphatic rings. The van der Waals surface area contributed by atoms with Gasteiger partial charge < -0.3 is 14.2 Å². The van der Waals surface area contributed by atoms with Crippen LogP contribution in [0.3, 0.4) is 0 Å². The zero-order valence-corrected chi connectivity index (χ0v) is 13.7. The van der Waals surface area contributed by atoms with Gasteiger partial charge in [0.2, 0.25) is 0 Å². The molecule has 5 nitrogen and oxygen atoms in total. The van der Waals surface area contributed by atoms with E-state index in [4.69, 9.17) is 14.2 Å². The van der Waals surface area contributed by atoms with Gasteiger partial charge in [-0.2, -0.15) is 0 Å². The molecular weight excluding hydrogens is 296 g/mol. The quantitative estimate of drug-likeness (QED) is 0.571. The maximum Gasteiger partial charge on any atom is 0.321 e.